The highest BCUT2D eigenvalue weighted by molar-refractivity contribution is 7.89. The van der Waals surface area contributed by atoms with Gasteiger partial charge in [-0.3, -0.25) is 4.79 Å². The number of aryl methyl sites for hydroxylation is 1. The van der Waals surface area contributed by atoms with Gasteiger partial charge in [0.05, 0.1) is 4.90 Å². The number of hydrogen-bond donors (Lipinski definition) is 2. The van der Waals surface area contributed by atoms with E-state index in [0.29, 0.717) is 37.4 Å². The molecule has 1 saturated heterocycles. The predicted molar refractivity (Wildman–Crippen MR) is 81.6 cm³/mol. The summed E-state index contributed by atoms with van der Waals surface area (Å²) in [6.07, 6.45) is 1.17. The van der Waals surface area contributed by atoms with Gasteiger partial charge >= 0.3 is 0 Å². The summed E-state index contributed by atoms with van der Waals surface area (Å²) in [6, 6.07) is 4.77. The molecule has 0 aliphatic carbocycles. The van der Waals surface area contributed by atoms with Gasteiger partial charge in [0.25, 0.3) is 0 Å². The molecule has 0 unspecified atom stereocenters. The fourth-order valence-corrected chi connectivity index (χ4v) is 3.88. The number of piperazine rings is 1. The Morgan fingerprint density at radius 1 is 1.38 bits per heavy atom. The molecule has 7 heteroatoms. The van der Waals surface area contributed by atoms with E-state index in [1.165, 1.54) is 16.4 Å². The maximum atomic E-state index is 12.6. The second kappa shape index (κ2) is 6.38. The first-order valence-corrected chi connectivity index (χ1v) is 8.14. The zero-order valence-electron chi connectivity index (χ0n) is 11.9. The second-order valence-corrected chi connectivity index (χ2v) is 6.73. The van der Waals surface area contributed by atoms with Crippen LogP contribution in [0.15, 0.2) is 35.7 Å². The molecule has 0 spiro atoms. The third-order valence-corrected chi connectivity index (χ3v) is 5.38. The number of nitrogens with zero attached hydrogens (tertiary/aromatic N) is 1. The lowest BCUT2D eigenvalue weighted by atomic mass is 10.2. The molecule has 114 valence electrons. The number of rotatable bonds is 4. The number of nitrogens with one attached hydrogen (secondary N) is 2. The van der Waals surface area contributed by atoms with Gasteiger partial charge in [0.15, 0.2) is 0 Å². The molecule has 2 N–H and O–H groups in total. The summed E-state index contributed by atoms with van der Waals surface area (Å²) in [5, 5.41) is 5.74. The Bertz CT molecular complexity index is 649. The summed E-state index contributed by atoms with van der Waals surface area (Å²) < 4.78 is 26.7. The van der Waals surface area contributed by atoms with Crippen LogP contribution in [0.3, 0.4) is 0 Å². The summed E-state index contributed by atoms with van der Waals surface area (Å²) in [5.74, 6) is -0.327. The van der Waals surface area contributed by atoms with E-state index in [1.807, 2.05) is 0 Å². The highest BCUT2D eigenvalue weighted by Gasteiger charge is 2.27. The Morgan fingerprint density at radius 2 is 2.05 bits per heavy atom. The standard InChI is InChI=1S/C14H19N3O3S/c1-3-14(18)16-12-4-5-13(11(2)10-12)21(19,20)17-8-6-15-7-9-17/h3-5,10,15H,1,6-9H2,2H3,(H,16,18). The van der Waals surface area contributed by atoms with Crippen LogP contribution in [-0.4, -0.2) is 44.8 Å². The lowest BCUT2D eigenvalue weighted by molar-refractivity contribution is -0.111. The Kier molecular flexibility index (Phi) is 4.76. The van der Waals surface area contributed by atoms with Crippen LogP contribution in [0.25, 0.3) is 0 Å². The zero-order valence-corrected chi connectivity index (χ0v) is 12.7. The highest BCUT2D eigenvalue weighted by Crippen LogP contribution is 2.23. The van der Waals surface area contributed by atoms with Gasteiger partial charge in [-0.1, -0.05) is 6.58 Å². The topological polar surface area (TPSA) is 78.5 Å². The Morgan fingerprint density at radius 3 is 2.62 bits per heavy atom. The summed E-state index contributed by atoms with van der Waals surface area (Å²) in [5.41, 5.74) is 1.16. The maximum absolute atomic E-state index is 12.6. The van der Waals surface area contributed by atoms with E-state index in [-0.39, 0.29) is 10.8 Å². The predicted octanol–water partition coefficient (Wildman–Crippen LogP) is 0.713. The van der Waals surface area contributed by atoms with Gasteiger partial charge in [-0.15, -0.1) is 0 Å². The van der Waals surface area contributed by atoms with Crippen molar-refractivity contribution < 1.29 is 13.2 Å². The summed E-state index contributed by atoms with van der Waals surface area (Å²) in [6.45, 7) is 7.35. The molecule has 1 fully saturated rings. The molecule has 1 aliphatic rings. The van der Waals surface area contributed by atoms with Crippen LogP contribution in [0.1, 0.15) is 5.56 Å². The molecule has 0 aromatic heterocycles. The van der Waals surface area contributed by atoms with Crippen LogP contribution < -0.4 is 10.6 Å². The van der Waals surface area contributed by atoms with E-state index in [1.54, 1.807) is 19.1 Å². The molecule has 1 aromatic carbocycles. The molecule has 2 rings (SSSR count). The fraction of sp³-hybridized carbons (Fsp3) is 0.357. The van der Waals surface area contributed by atoms with Crippen molar-refractivity contribution in [2.75, 3.05) is 31.5 Å². The van der Waals surface area contributed by atoms with Crippen molar-refractivity contribution in [1.29, 1.82) is 0 Å². The number of benzene rings is 1. The smallest absolute Gasteiger partial charge is 0.247 e. The number of anilines is 1. The van der Waals surface area contributed by atoms with E-state index in [4.69, 9.17) is 0 Å². The van der Waals surface area contributed by atoms with Crippen molar-refractivity contribution in [3.05, 3.63) is 36.4 Å². The third kappa shape index (κ3) is 3.49. The molecule has 0 bridgehead atoms. The van der Waals surface area contributed by atoms with Crippen molar-refractivity contribution in [2.45, 2.75) is 11.8 Å². The first-order chi connectivity index (χ1) is 9.95. The van der Waals surface area contributed by atoms with Crippen molar-refractivity contribution in [3.8, 4) is 0 Å². The average molecular weight is 309 g/mol. The number of carbonyl (C=O) groups excluding carboxylic acids is 1. The summed E-state index contributed by atoms with van der Waals surface area (Å²) in [4.78, 5) is 11.5. The Balaban J connectivity index is 2.27. The fourth-order valence-electron chi connectivity index (χ4n) is 2.23. The van der Waals surface area contributed by atoms with Gasteiger partial charge in [0.1, 0.15) is 0 Å². The molecular weight excluding hydrogens is 290 g/mol. The van der Waals surface area contributed by atoms with Crippen LogP contribution in [0.2, 0.25) is 0 Å². The first kappa shape index (κ1) is 15.7. The van der Waals surface area contributed by atoms with Gasteiger partial charge < -0.3 is 10.6 Å². The third-order valence-electron chi connectivity index (χ3n) is 3.32. The van der Waals surface area contributed by atoms with Crippen LogP contribution in [0.4, 0.5) is 5.69 Å². The quantitative estimate of drug-likeness (QED) is 0.803. The SMILES string of the molecule is C=CC(=O)Nc1ccc(S(=O)(=O)N2CCNCC2)c(C)c1. The summed E-state index contributed by atoms with van der Waals surface area (Å²) in [7, 11) is -3.48. The number of amides is 1. The first-order valence-electron chi connectivity index (χ1n) is 6.70. The van der Waals surface area contributed by atoms with E-state index in [9.17, 15) is 13.2 Å². The lowest BCUT2D eigenvalue weighted by Crippen LogP contribution is -2.46. The number of hydrogen-bond acceptors (Lipinski definition) is 4. The van der Waals surface area contributed by atoms with Gasteiger partial charge in [-0.2, -0.15) is 4.31 Å². The van der Waals surface area contributed by atoms with Crippen LogP contribution in [0, 0.1) is 6.92 Å². The minimum absolute atomic E-state index is 0.279. The van der Waals surface area contributed by atoms with E-state index in [2.05, 4.69) is 17.2 Å². The van der Waals surface area contributed by atoms with Gasteiger partial charge in [-0.25, -0.2) is 8.42 Å². The van der Waals surface area contributed by atoms with Crippen LogP contribution in [-0.2, 0) is 14.8 Å². The van der Waals surface area contributed by atoms with E-state index >= 15 is 0 Å². The molecule has 1 amide bonds. The zero-order chi connectivity index (χ0) is 15.5. The van der Waals surface area contributed by atoms with Crippen molar-refractivity contribution >= 4 is 21.6 Å². The monoisotopic (exact) mass is 309 g/mol. The molecule has 6 nitrogen and oxygen atoms in total. The molecule has 0 atom stereocenters. The molecule has 0 saturated carbocycles. The normalized spacial score (nSPS) is 16.4. The van der Waals surface area contributed by atoms with Crippen LogP contribution in [0.5, 0.6) is 0 Å². The second-order valence-electron chi connectivity index (χ2n) is 4.83. The maximum Gasteiger partial charge on any atom is 0.247 e. The molecule has 1 aromatic rings. The highest BCUT2D eigenvalue weighted by atomic mass is 32.2. The molecular formula is C14H19N3O3S. The number of sulfonamides is 1. The largest absolute Gasteiger partial charge is 0.323 e. The van der Waals surface area contributed by atoms with Crippen molar-refractivity contribution in [2.24, 2.45) is 0 Å². The van der Waals surface area contributed by atoms with Gasteiger partial charge in [0, 0.05) is 31.9 Å². The molecule has 0 radical (unpaired) electrons. The molecule has 1 aliphatic heterocycles. The van der Waals surface area contributed by atoms with Gasteiger partial charge in [0.2, 0.25) is 15.9 Å². The van der Waals surface area contributed by atoms with Crippen LogP contribution >= 0.6 is 0 Å². The molecule has 1 heterocycles. The minimum Gasteiger partial charge on any atom is -0.323 e. The van der Waals surface area contributed by atoms with Crippen molar-refractivity contribution in [1.82, 2.24) is 9.62 Å². The minimum atomic E-state index is -3.48. The van der Waals surface area contributed by atoms with Gasteiger partial charge in [-0.05, 0) is 36.8 Å². The Hall–Kier alpha value is -1.70. The Labute approximate surface area is 124 Å². The summed E-state index contributed by atoms with van der Waals surface area (Å²) >= 11 is 0. The van der Waals surface area contributed by atoms with Crippen molar-refractivity contribution in [3.63, 3.8) is 0 Å². The number of carbonyl (C=O) groups is 1. The average Bonchev–Trinajstić information content (AvgIpc) is 2.47. The van der Waals surface area contributed by atoms with E-state index < -0.39 is 10.0 Å². The van der Waals surface area contributed by atoms with E-state index in [0.717, 1.165) is 0 Å². The lowest BCUT2D eigenvalue weighted by Gasteiger charge is -2.27. The molecule has 21 heavy (non-hydrogen) atoms.